The van der Waals surface area contributed by atoms with Gasteiger partial charge < -0.3 is 14.2 Å². The van der Waals surface area contributed by atoms with E-state index in [1.165, 1.54) is 49.8 Å². The molecule has 0 N–H and O–H groups in total. The maximum Gasteiger partial charge on any atom is 0.387 e. The van der Waals surface area contributed by atoms with Gasteiger partial charge in [0.25, 0.3) is 0 Å². The molecule has 0 aliphatic carbocycles. The number of aromatic nitrogens is 1. The number of carbonyl (C=O) groups excluding carboxylic acids is 1. The van der Waals surface area contributed by atoms with Crippen molar-refractivity contribution in [2.45, 2.75) is 42.9 Å². The number of hydrogen-bond donors (Lipinski definition) is 0. The number of ether oxygens (including phenoxy) is 3. The summed E-state index contributed by atoms with van der Waals surface area (Å²) in [6.45, 7) is -2.93. The third-order valence-electron chi connectivity index (χ3n) is 6.20. The molecule has 0 bridgehead atoms. The Hall–Kier alpha value is -2.99. The van der Waals surface area contributed by atoms with E-state index in [-0.39, 0.29) is 45.8 Å². The number of alkyl halides is 2. The van der Waals surface area contributed by atoms with Crippen LogP contribution in [0.25, 0.3) is 0 Å². The number of rotatable bonds is 10. The van der Waals surface area contributed by atoms with E-state index in [0.29, 0.717) is 17.5 Å². The van der Waals surface area contributed by atoms with E-state index in [9.17, 15) is 22.0 Å². The summed E-state index contributed by atoms with van der Waals surface area (Å²) >= 11 is 12.6. The van der Waals surface area contributed by atoms with Crippen molar-refractivity contribution in [1.82, 2.24) is 9.29 Å². The summed E-state index contributed by atoms with van der Waals surface area (Å²) in [7, 11) is -2.68. The highest BCUT2D eigenvalue weighted by atomic mass is 35.5. The molecular weight excluding hydrogens is 577 g/mol. The Bertz CT molecular complexity index is 1410. The highest BCUT2D eigenvalue weighted by molar-refractivity contribution is 7.89. The Balaban J connectivity index is 1.67. The second kappa shape index (κ2) is 12.5. The summed E-state index contributed by atoms with van der Waals surface area (Å²) in [6, 6.07) is 10.8. The third kappa shape index (κ3) is 6.60. The summed E-state index contributed by atoms with van der Waals surface area (Å²) < 4.78 is 68.9. The number of hydrogen-bond acceptors (Lipinski definition) is 7. The summed E-state index contributed by atoms with van der Waals surface area (Å²) in [5, 5.41) is 0.449. The van der Waals surface area contributed by atoms with Crippen molar-refractivity contribution in [3.63, 3.8) is 0 Å². The zero-order chi connectivity index (χ0) is 28.2. The van der Waals surface area contributed by atoms with E-state index < -0.39 is 34.7 Å². The van der Waals surface area contributed by atoms with Gasteiger partial charge in [0.05, 0.1) is 22.1 Å². The van der Waals surface area contributed by atoms with Crippen LogP contribution in [0, 0.1) is 0 Å². The molecule has 0 saturated carbocycles. The van der Waals surface area contributed by atoms with Gasteiger partial charge in [-0.3, -0.25) is 9.78 Å². The smallest absolute Gasteiger partial charge is 0.387 e. The molecule has 3 aromatic rings. The largest absolute Gasteiger partial charge is 0.493 e. The maximum absolute atomic E-state index is 13.5. The molecule has 4 rings (SSSR count). The molecule has 1 unspecified atom stereocenters. The molecule has 2 heterocycles. The molecule has 208 valence electrons. The molecule has 8 nitrogen and oxygen atoms in total. The Morgan fingerprint density at radius 1 is 1.10 bits per heavy atom. The number of esters is 1. The molecule has 0 spiro atoms. The minimum absolute atomic E-state index is 0.0116. The fourth-order valence-electron chi connectivity index (χ4n) is 4.33. The Morgan fingerprint density at radius 2 is 1.79 bits per heavy atom. The van der Waals surface area contributed by atoms with Gasteiger partial charge in [0.15, 0.2) is 11.5 Å². The van der Waals surface area contributed by atoms with Crippen LogP contribution < -0.4 is 9.47 Å². The molecule has 0 amide bonds. The van der Waals surface area contributed by atoms with Crippen LogP contribution in [0.1, 0.15) is 30.1 Å². The number of nitrogens with zero attached hydrogens (tertiary/aromatic N) is 2. The van der Waals surface area contributed by atoms with Crippen molar-refractivity contribution in [1.29, 1.82) is 0 Å². The standard InChI is InChI=1S/C26H24Cl2F2N2O6S/c1-36-24-12-16(9-10-22(24)38-26(29)30)23(13-18-19(27)14-31-15-20(18)28)37-25(33)21-8-5-11-32(21)39(34,35)17-6-3-2-4-7-17/h2-4,6-7,9-10,12,14-15,21,23,26H,5,8,11,13H2,1H3/t21-,23?/m0/s1. The number of halogens is 4. The van der Waals surface area contributed by atoms with Crippen LogP contribution in [0.15, 0.2) is 65.8 Å². The van der Waals surface area contributed by atoms with Gasteiger partial charge in [-0.1, -0.05) is 47.5 Å². The third-order valence-corrected chi connectivity index (χ3v) is 8.78. The van der Waals surface area contributed by atoms with E-state index in [1.54, 1.807) is 18.2 Å². The average molecular weight is 601 g/mol. The lowest BCUT2D eigenvalue weighted by Gasteiger charge is -2.26. The molecule has 1 aliphatic heterocycles. The van der Waals surface area contributed by atoms with Crippen LogP contribution in [0.4, 0.5) is 8.78 Å². The van der Waals surface area contributed by atoms with Crippen molar-refractivity contribution < 1.29 is 36.2 Å². The lowest BCUT2D eigenvalue weighted by atomic mass is 10.0. The van der Waals surface area contributed by atoms with E-state index in [2.05, 4.69) is 9.72 Å². The van der Waals surface area contributed by atoms with Gasteiger partial charge in [-0.25, -0.2) is 8.42 Å². The molecule has 2 atom stereocenters. The zero-order valence-corrected chi connectivity index (χ0v) is 22.9. The molecule has 1 aliphatic rings. The Kier molecular flexibility index (Phi) is 9.27. The van der Waals surface area contributed by atoms with Crippen LogP contribution >= 0.6 is 23.2 Å². The Morgan fingerprint density at radius 3 is 2.44 bits per heavy atom. The molecule has 1 saturated heterocycles. The zero-order valence-electron chi connectivity index (χ0n) is 20.6. The molecule has 13 heteroatoms. The van der Waals surface area contributed by atoms with Crippen molar-refractivity contribution in [3.8, 4) is 11.5 Å². The van der Waals surface area contributed by atoms with Gasteiger partial charge in [-0.15, -0.1) is 0 Å². The van der Waals surface area contributed by atoms with Crippen molar-refractivity contribution >= 4 is 39.2 Å². The maximum atomic E-state index is 13.5. The Labute approximate surface area is 234 Å². The van der Waals surface area contributed by atoms with Gasteiger partial charge in [-0.2, -0.15) is 13.1 Å². The first-order valence-corrected chi connectivity index (χ1v) is 14.0. The number of methoxy groups -OCH3 is 1. The lowest BCUT2D eigenvalue weighted by molar-refractivity contribution is -0.153. The first-order valence-electron chi connectivity index (χ1n) is 11.8. The monoisotopic (exact) mass is 600 g/mol. The van der Waals surface area contributed by atoms with E-state index >= 15 is 0 Å². The second-order valence-corrected chi connectivity index (χ2v) is 11.3. The minimum atomic E-state index is -3.96. The summed E-state index contributed by atoms with van der Waals surface area (Å²) in [6.07, 6.45) is 2.44. The SMILES string of the molecule is COc1cc(C(Cc2c(Cl)cncc2Cl)OC(=O)[C@@H]2CCCN2S(=O)(=O)c2ccccc2)ccc1OC(F)F. The number of carbonyl (C=O) groups is 1. The lowest BCUT2D eigenvalue weighted by Crippen LogP contribution is -2.41. The number of benzene rings is 2. The fraction of sp³-hybridized carbons (Fsp3) is 0.308. The van der Waals surface area contributed by atoms with Gasteiger partial charge in [0.1, 0.15) is 12.1 Å². The molecule has 2 aromatic carbocycles. The quantitative estimate of drug-likeness (QED) is 0.276. The van der Waals surface area contributed by atoms with Crippen molar-refractivity contribution in [2.75, 3.05) is 13.7 Å². The van der Waals surface area contributed by atoms with Crippen molar-refractivity contribution in [3.05, 3.63) is 82.1 Å². The van der Waals surface area contributed by atoms with Crippen LogP contribution in [0.2, 0.25) is 10.0 Å². The predicted octanol–water partition coefficient (Wildman–Crippen LogP) is 5.68. The number of sulfonamides is 1. The number of pyridine rings is 1. The van der Waals surface area contributed by atoms with Gasteiger partial charge in [0.2, 0.25) is 10.0 Å². The topological polar surface area (TPSA) is 95.0 Å². The van der Waals surface area contributed by atoms with Gasteiger partial charge in [0, 0.05) is 25.4 Å². The molecule has 1 fully saturated rings. The van der Waals surface area contributed by atoms with E-state index in [0.717, 1.165) is 4.31 Å². The first kappa shape index (κ1) is 29.0. The summed E-state index contributed by atoms with van der Waals surface area (Å²) in [4.78, 5) is 17.5. The van der Waals surface area contributed by atoms with Gasteiger partial charge in [-0.05, 0) is 48.2 Å². The minimum Gasteiger partial charge on any atom is -0.493 e. The highest BCUT2D eigenvalue weighted by Crippen LogP contribution is 2.37. The summed E-state index contributed by atoms with van der Waals surface area (Å²) in [5.74, 6) is -1.00. The van der Waals surface area contributed by atoms with Crippen LogP contribution in [-0.4, -0.2) is 50.0 Å². The first-order chi connectivity index (χ1) is 18.6. The predicted molar refractivity (Wildman–Crippen MR) is 140 cm³/mol. The van der Waals surface area contributed by atoms with E-state index in [4.69, 9.17) is 32.7 Å². The highest BCUT2D eigenvalue weighted by Gasteiger charge is 2.41. The van der Waals surface area contributed by atoms with E-state index in [1.807, 2.05) is 0 Å². The average Bonchev–Trinajstić information content (AvgIpc) is 3.42. The molecule has 39 heavy (non-hydrogen) atoms. The molecular formula is C26H24Cl2F2N2O6S. The second-order valence-electron chi connectivity index (χ2n) is 8.59. The van der Waals surface area contributed by atoms with Crippen molar-refractivity contribution in [2.24, 2.45) is 0 Å². The van der Waals surface area contributed by atoms with Crippen LogP contribution in [-0.2, 0) is 26.0 Å². The van der Waals surface area contributed by atoms with Gasteiger partial charge >= 0.3 is 12.6 Å². The normalized spacial score (nSPS) is 16.7. The molecule has 0 radical (unpaired) electrons. The van der Waals surface area contributed by atoms with Crippen LogP contribution in [0.3, 0.4) is 0 Å². The fourth-order valence-corrected chi connectivity index (χ4v) is 6.52. The van der Waals surface area contributed by atoms with Crippen LogP contribution in [0.5, 0.6) is 11.5 Å². The summed E-state index contributed by atoms with van der Waals surface area (Å²) in [5.41, 5.74) is 0.791. The molecule has 1 aromatic heterocycles.